The third-order valence-electron chi connectivity index (χ3n) is 3.04. The number of hydrogen-bond acceptors (Lipinski definition) is 6. The summed E-state index contributed by atoms with van der Waals surface area (Å²) >= 11 is 0. The molecule has 0 saturated heterocycles. The summed E-state index contributed by atoms with van der Waals surface area (Å²) < 4.78 is 10.8. The second kappa shape index (κ2) is 7.46. The third kappa shape index (κ3) is 5.08. The van der Waals surface area contributed by atoms with Crippen LogP contribution in [-0.2, 0) is 11.3 Å². The number of pyridine rings is 1. The van der Waals surface area contributed by atoms with Gasteiger partial charge in [-0.1, -0.05) is 30.3 Å². The average molecular weight is 329 g/mol. The molecule has 0 aliphatic carbocycles. The van der Waals surface area contributed by atoms with Crippen LogP contribution in [0, 0.1) is 0 Å². The van der Waals surface area contributed by atoms with Crippen LogP contribution < -0.4 is 10.2 Å². The molecule has 6 nitrogen and oxygen atoms in total. The zero-order valence-corrected chi connectivity index (χ0v) is 13.9. The summed E-state index contributed by atoms with van der Waals surface area (Å²) in [5.74, 6) is -0.484. The lowest BCUT2D eigenvalue weighted by Gasteiger charge is -2.20. The van der Waals surface area contributed by atoms with Gasteiger partial charge in [-0.3, -0.25) is 0 Å². The number of carbonyl (C=O) groups is 1. The van der Waals surface area contributed by atoms with E-state index in [0.29, 0.717) is 0 Å². The lowest BCUT2D eigenvalue weighted by Crippen LogP contribution is -2.37. The molecule has 2 N–H and O–H groups in total. The second-order valence-electron chi connectivity index (χ2n) is 6.26. The molecule has 1 heterocycles. The molecule has 0 bridgehead atoms. The molecule has 0 aliphatic rings. The van der Waals surface area contributed by atoms with E-state index in [1.54, 1.807) is 20.8 Å². The Morgan fingerprint density at radius 3 is 2.46 bits per heavy atom. The zero-order valence-electron chi connectivity index (χ0n) is 13.9. The number of aromatic nitrogens is 1. The standard InChI is InChI=1S/C17H20BNO5/c1-17(2,3)24-16(20)13-10-19-15(9-14(13)18(21)22)23-11-12-7-5-4-6-8-12/h4-10,21-22H,11H2,1-3H3. The molecule has 0 fully saturated rings. The van der Waals surface area contributed by atoms with Crippen LogP contribution in [0.3, 0.4) is 0 Å². The SMILES string of the molecule is CC(C)(C)OC(=O)c1cnc(OCc2ccccc2)cc1B(O)O. The number of benzene rings is 1. The van der Waals surface area contributed by atoms with E-state index in [0.717, 1.165) is 5.56 Å². The molecule has 1 aromatic carbocycles. The Bertz CT molecular complexity index is 698. The van der Waals surface area contributed by atoms with Gasteiger partial charge in [-0.15, -0.1) is 0 Å². The van der Waals surface area contributed by atoms with Crippen molar-refractivity contribution in [3.05, 3.63) is 53.7 Å². The van der Waals surface area contributed by atoms with Crippen LogP contribution in [0.1, 0.15) is 36.7 Å². The van der Waals surface area contributed by atoms with Crippen molar-refractivity contribution in [2.75, 3.05) is 0 Å². The first-order chi connectivity index (χ1) is 11.3. The van der Waals surface area contributed by atoms with Gasteiger partial charge in [0.05, 0.1) is 5.56 Å². The van der Waals surface area contributed by atoms with Crippen molar-refractivity contribution in [2.45, 2.75) is 33.0 Å². The van der Waals surface area contributed by atoms with E-state index in [4.69, 9.17) is 9.47 Å². The average Bonchev–Trinajstić information content (AvgIpc) is 2.52. The van der Waals surface area contributed by atoms with E-state index in [2.05, 4.69) is 4.98 Å². The smallest absolute Gasteiger partial charge is 0.473 e. The number of ether oxygens (including phenoxy) is 2. The van der Waals surface area contributed by atoms with Gasteiger partial charge in [-0.25, -0.2) is 9.78 Å². The molecule has 7 heteroatoms. The molecule has 0 spiro atoms. The maximum atomic E-state index is 12.2. The molecule has 0 aliphatic heterocycles. The highest BCUT2D eigenvalue weighted by atomic mass is 16.6. The van der Waals surface area contributed by atoms with Crippen molar-refractivity contribution in [3.8, 4) is 5.88 Å². The Morgan fingerprint density at radius 2 is 1.88 bits per heavy atom. The number of hydrogen-bond donors (Lipinski definition) is 2. The minimum absolute atomic E-state index is 0.00742. The molecule has 1 aromatic heterocycles. The van der Waals surface area contributed by atoms with E-state index in [1.165, 1.54) is 12.3 Å². The molecule has 0 amide bonds. The summed E-state index contributed by atoms with van der Waals surface area (Å²) in [6, 6.07) is 10.8. The van der Waals surface area contributed by atoms with Crippen molar-refractivity contribution in [1.82, 2.24) is 4.98 Å². The first-order valence-electron chi connectivity index (χ1n) is 7.52. The topological polar surface area (TPSA) is 88.9 Å². The maximum absolute atomic E-state index is 12.2. The zero-order chi connectivity index (χ0) is 17.7. The van der Waals surface area contributed by atoms with Crippen LogP contribution in [0.5, 0.6) is 5.88 Å². The Kier molecular flexibility index (Phi) is 5.59. The van der Waals surface area contributed by atoms with Gasteiger partial charge < -0.3 is 19.5 Å². The minimum atomic E-state index is -1.84. The van der Waals surface area contributed by atoms with Crippen LogP contribution in [0.4, 0.5) is 0 Å². The van der Waals surface area contributed by atoms with Gasteiger partial charge in [0.1, 0.15) is 12.2 Å². The van der Waals surface area contributed by atoms with Gasteiger partial charge in [0.2, 0.25) is 5.88 Å². The van der Waals surface area contributed by atoms with E-state index >= 15 is 0 Å². The highest BCUT2D eigenvalue weighted by Gasteiger charge is 2.26. The molecular weight excluding hydrogens is 309 g/mol. The maximum Gasteiger partial charge on any atom is 0.489 e. The summed E-state index contributed by atoms with van der Waals surface area (Å²) in [4.78, 5) is 16.2. The quantitative estimate of drug-likeness (QED) is 0.635. The van der Waals surface area contributed by atoms with Gasteiger partial charge in [0, 0.05) is 17.7 Å². The van der Waals surface area contributed by atoms with Crippen molar-refractivity contribution in [1.29, 1.82) is 0 Å². The molecule has 126 valence electrons. The Morgan fingerprint density at radius 1 is 1.21 bits per heavy atom. The number of rotatable bonds is 5. The number of esters is 1. The molecule has 0 atom stereocenters. The first-order valence-corrected chi connectivity index (χ1v) is 7.52. The van der Waals surface area contributed by atoms with Crippen LogP contribution in [-0.4, -0.2) is 33.7 Å². The van der Waals surface area contributed by atoms with Gasteiger partial charge in [-0.05, 0) is 26.3 Å². The predicted octanol–water partition coefficient (Wildman–Crippen LogP) is 1.30. The predicted molar refractivity (Wildman–Crippen MR) is 90.0 cm³/mol. The summed E-state index contributed by atoms with van der Waals surface area (Å²) in [6.07, 6.45) is 1.23. The van der Waals surface area contributed by atoms with Crippen molar-refractivity contribution < 1.29 is 24.3 Å². The molecule has 0 unspecified atom stereocenters. The second-order valence-corrected chi connectivity index (χ2v) is 6.26. The highest BCUT2D eigenvalue weighted by molar-refractivity contribution is 6.60. The van der Waals surface area contributed by atoms with Gasteiger partial charge in [0.15, 0.2) is 0 Å². The normalized spacial score (nSPS) is 11.0. The van der Waals surface area contributed by atoms with Gasteiger partial charge in [0.25, 0.3) is 0 Å². The minimum Gasteiger partial charge on any atom is -0.473 e. The third-order valence-corrected chi connectivity index (χ3v) is 3.04. The largest absolute Gasteiger partial charge is 0.489 e. The van der Waals surface area contributed by atoms with Crippen LogP contribution in [0.15, 0.2) is 42.6 Å². The van der Waals surface area contributed by atoms with Gasteiger partial charge in [-0.2, -0.15) is 0 Å². The highest BCUT2D eigenvalue weighted by Crippen LogP contribution is 2.14. The van der Waals surface area contributed by atoms with E-state index < -0.39 is 18.7 Å². The Balaban J connectivity index is 2.18. The summed E-state index contributed by atoms with van der Waals surface area (Å²) in [7, 11) is -1.84. The van der Waals surface area contributed by atoms with E-state index in [-0.39, 0.29) is 23.5 Å². The van der Waals surface area contributed by atoms with E-state index in [1.807, 2.05) is 30.3 Å². The fraction of sp³-hybridized carbons (Fsp3) is 0.294. The summed E-state index contributed by atoms with van der Waals surface area (Å²) in [5.41, 5.74) is 0.230. The Labute approximate surface area is 141 Å². The van der Waals surface area contributed by atoms with Crippen LogP contribution in [0.25, 0.3) is 0 Å². The summed E-state index contributed by atoms with van der Waals surface area (Å²) in [5, 5.41) is 19.1. The van der Waals surface area contributed by atoms with Crippen LogP contribution >= 0.6 is 0 Å². The lowest BCUT2D eigenvalue weighted by molar-refractivity contribution is 0.00700. The monoisotopic (exact) mass is 329 g/mol. The molecule has 2 aromatic rings. The first kappa shape index (κ1) is 18.0. The molecule has 2 rings (SSSR count). The summed E-state index contributed by atoms with van der Waals surface area (Å²) in [6.45, 7) is 5.46. The molecule has 0 radical (unpaired) electrons. The fourth-order valence-electron chi connectivity index (χ4n) is 1.98. The lowest BCUT2D eigenvalue weighted by atomic mass is 9.77. The van der Waals surface area contributed by atoms with Crippen LogP contribution in [0.2, 0.25) is 0 Å². The van der Waals surface area contributed by atoms with Gasteiger partial charge >= 0.3 is 13.1 Å². The number of carbonyl (C=O) groups excluding carboxylic acids is 1. The molecule has 24 heavy (non-hydrogen) atoms. The fourth-order valence-corrected chi connectivity index (χ4v) is 1.98. The molecular formula is C17H20BNO5. The number of nitrogens with zero attached hydrogens (tertiary/aromatic N) is 1. The van der Waals surface area contributed by atoms with Crippen molar-refractivity contribution in [2.24, 2.45) is 0 Å². The molecule has 0 saturated carbocycles. The van der Waals surface area contributed by atoms with Crippen molar-refractivity contribution in [3.63, 3.8) is 0 Å². The van der Waals surface area contributed by atoms with Crippen molar-refractivity contribution >= 4 is 18.6 Å². The van der Waals surface area contributed by atoms with E-state index in [9.17, 15) is 14.8 Å². The Hall–Kier alpha value is -2.38.